The van der Waals surface area contributed by atoms with Gasteiger partial charge in [-0.25, -0.2) is 0 Å². The molecule has 158 valence electrons. The molecule has 0 fully saturated rings. The molecule has 5 aromatic carbocycles. The summed E-state index contributed by atoms with van der Waals surface area (Å²) < 4.78 is 8.97. The van der Waals surface area contributed by atoms with E-state index in [0.717, 1.165) is 27.5 Å². The number of furan rings is 1. The van der Waals surface area contributed by atoms with Crippen molar-refractivity contribution in [1.29, 1.82) is 0 Å². The lowest BCUT2D eigenvalue weighted by atomic mass is 9.94. The molecule has 1 aliphatic rings. The lowest BCUT2D eigenvalue weighted by Gasteiger charge is -2.14. The molecule has 3 heterocycles. The van der Waals surface area contributed by atoms with Crippen LogP contribution in [0.15, 0.2) is 114 Å². The molecule has 0 aliphatic carbocycles. The Hall–Kier alpha value is -4.56. The van der Waals surface area contributed by atoms with E-state index in [2.05, 4.69) is 114 Å². The second kappa shape index (κ2) is 6.49. The van der Waals surface area contributed by atoms with Gasteiger partial charge in [0.05, 0.1) is 16.7 Å². The van der Waals surface area contributed by atoms with Crippen LogP contribution in [0.1, 0.15) is 16.7 Å². The highest BCUT2D eigenvalue weighted by Crippen LogP contribution is 2.46. The summed E-state index contributed by atoms with van der Waals surface area (Å²) in [4.78, 5) is 0. The number of para-hydroxylation sites is 3. The Morgan fingerprint density at radius 1 is 0.588 bits per heavy atom. The van der Waals surface area contributed by atoms with Gasteiger partial charge in [0.25, 0.3) is 0 Å². The van der Waals surface area contributed by atoms with Gasteiger partial charge in [0.1, 0.15) is 11.2 Å². The summed E-state index contributed by atoms with van der Waals surface area (Å²) in [7, 11) is 0. The van der Waals surface area contributed by atoms with E-state index in [1.807, 2.05) is 6.07 Å². The second-order valence-electron chi connectivity index (χ2n) is 8.96. The third-order valence-electron chi connectivity index (χ3n) is 7.14. The van der Waals surface area contributed by atoms with Gasteiger partial charge in [0.15, 0.2) is 0 Å². The summed E-state index contributed by atoms with van der Waals surface area (Å²) in [6, 6.07) is 38.8. The Morgan fingerprint density at radius 3 is 2.24 bits per heavy atom. The fourth-order valence-electron chi connectivity index (χ4n) is 5.70. The molecule has 34 heavy (non-hydrogen) atoms. The van der Waals surface area contributed by atoms with E-state index in [9.17, 15) is 0 Å². The molecule has 0 N–H and O–H groups in total. The standard InChI is InChI=1S/C32H19NO/c1-2-10-20(11-3-1)24-18-27-31-25(19-26-23-14-6-9-17-30(23)34-32(26)27)22-13-5-8-16-29(22)33(31)28-15-7-4-12-21(24)28/h1-19H. The molecule has 2 aromatic heterocycles. The number of aromatic nitrogens is 1. The van der Waals surface area contributed by atoms with E-state index in [-0.39, 0.29) is 0 Å². The molecule has 0 saturated heterocycles. The van der Waals surface area contributed by atoms with Crippen molar-refractivity contribution in [2.24, 2.45) is 0 Å². The van der Waals surface area contributed by atoms with Crippen LogP contribution >= 0.6 is 0 Å². The Kier molecular flexibility index (Phi) is 3.42. The molecular weight excluding hydrogens is 414 g/mol. The molecular formula is C32H19NO. The van der Waals surface area contributed by atoms with Crippen molar-refractivity contribution in [1.82, 2.24) is 4.57 Å². The van der Waals surface area contributed by atoms with Crippen LogP contribution in [0.3, 0.4) is 0 Å². The highest BCUT2D eigenvalue weighted by molar-refractivity contribution is 6.23. The number of nitrogens with zero attached hydrogens (tertiary/aromatic N) is 1. The predicted molar refractivity (Wildman–Crippen MR) is 141 cm³/mol. The highest BCUT2D eigenvalue weighted by atomic mass is 16.3. The fraction of sp³-hybridized carbons (Fsp3) is 0. The van der Waals surface area contributed by atoms with Gasteiger partial charge in [-0.3, -0.25) is 0 Å². The molecule has 8 rings (SSSR count). The molecule has 0 bridgehead atoms. The number of fused-ring (bicyclic) bond motifs is 9. The quantitative estimate of drug-likeness (QED) is 0.253. The van der Waals surface area contributed by atoms with Gasteiger partial charge in [-0.15, -0.1) is 0 Å². The van der Waals surface area contributed by atoms with Crippen LogP contribution < -0.4 is 0 Å². The Balaban J connectivity index is 1.67. The first kappa shape index (κ1) is 17.9. The van der Waals surface area contributed by atoms with E-state index in [0.29, 0.717) is 0 Å². The van der Waals surface area contributed by atoms with Gasteiger partial charge in [0, 0.05) is 32.7 Å². The summed E-state index contributed by atoms with van der Waals surface area (Å²) in [6.45, 7) is 0. The minimum Gasteiger partial charge on any atom is -0.455 e. The number of hydrogen-bond acceptors (Lipinski definition) is 1. The zero-order valence-electron chi connectivity index (χ0n) is 18.3. The molecule has 7 aromatic rings. The van der Waals surface area contributed by atoms with Crippen molar-refractivity contribution in [3.63, 3.8) is 0 Å². The molecule has 1 aliphatic heterocycles. The van der Waals surface area contributed by atoms with Gasteiger partial charge in [0.2, 0.25) is 0 Å². The third-order valence-corrected chi connectivity index (χ3v) is 7.14. The van der Waals surface area contributed by atoms with Crippen molar-refractivity contribution < 1.29 is 4.42 Å². The lowest BCUT2D eigenvalue weighted by Crippen LogP contribution is -1.98. The maximum atomic E-state index is 6.55. The fourth-order valence-corrected chi connectivity index (χ4v) is 5.70. The van der Waals surface area contributed by atoms with Gasteiger partial charge >= 0.3 is 0 Å². The van der Waals surface area contributed by atoms with Gasteiger partial charge in [-0.1, -0.05) is 84.9 Å². The van der Waals surface area contributed by atoms with E-state index in [1.165, 1.54) is 44.2 Å². The van der Waals surface area contributed by atoms with E-state index in [1.54, 1.807) is 0 Å². The van der Waals surface area contributed by atoms with E-state index in [4.69, 9.17) is 4.42 Å². The minimum absolute atomic E-state index is 0.925. The van der Waals surface area contributed by atoms with Crippen molar-refractivity contribution in [2.45, 2.75) is 0 Å². The molecule has 0 spiro atoms. The maximum Gasteiger partial charge on any atom is 0.144 e. The number of hydrogen-bond donors (Lipinski definition) is 0. The second-order valence-corrected chi connectivity index (χ2v) is 8.96. The average molecular weight is 434 g/mol. The summed E-state index contributed by atoms with van der Waals surface area (Å²) >= 11 is 0. The van der Waals surface area contributed by atoms with E-state index >= 15 is 0 Å². The van der Waals surface area contributed by atoms with Crippen LogP contribution in [0.25, 0.3) is 61.1 Å². The SMILES string of the molecule is C1=C(c2ccccc2)c2ccccc2-n2c3ccccc3c3cc4c(oc5ccccc54)c1c32. The van der Waals surface area contributed by atoms with Crippen molar-refractivity contribution >= 4 is 55.4 Å². The van der Waals surface area contributed by atoms with Crippen LogP contribution in [-0.4, -0.2) is 4.57 Å². The topological polar surface area (TPSA) is 18.1 Å². The van der Waals surface area contributed by atoms with Crippen molar-refractivity contribution in [3.05, 3.63) is 126 Å². The van der Waals surface area contributed by atoms with E-state index < -0.39 is 0 Å². The number of benzene rings is 5. The summed E-state index contributed by atoms with van der Waals surface area (Å²) in [6.07, 6.45) is 2.34. The predicted octanol–water partition coefficient (Wildman–Crippen LogP) is 8.59. The highest BCUT2D eigenvalue weighted by Gasteiger charge is 2.25. The Morgan fingerprint density at radius 2 is 1.32 bits per heavy atom. The monoisotopic (exact) mass is 433 g/mol. The number of rotatable bonds is 1. The van der Waals surface area contributed by atoms with Crippen LogP contribution in [-0.2, 0) is 0 Å². The minimum atomic E-state index is 0.925. The molecule has 0 saturated carbocycles. The van der Waals surface area contributed by atoms with Crippen LogP contribution in [0.2, 0.25) is 0 Å². The molecule has 0 unspecified atom stereocenters. The van der Waals surface area contributed by atoms with Gasteiger partial charge < -0.3 is 8.98 Å². The smallest absolute Gasteiger partial charge is 0.144 e. The van der Waals surface area contributed by atoms with Crippen molar-refractivity contribution in [3.8, 4) is 5.69 Å². The normalized spacial score (nSPS) is 12.9. The largest absolute Gasteiger partial charge is 0.455 e. The first-order chi connectivity index (χ1) is 16.9. The first-order valence-electron chi connectivity index (χ1n) is 11.6. The molecule has 2 nitrogen and oxygen atoms in total. The molecule has 0 radical (unpaired) electrons. The van der Waals surface area contributed by atoms with Gasteiger partial charge in [-0.05, 0) is 41.5 Å². The summed E-state index contributed by atoms with van der Waals surface area (Å²) in [5.41, 5.74) is 10.2. The lowest BCUT2D eigenvalue weighted by molar-refractivity contribution is 0.668. The zero-order valence-corrected chi connectivity index (χ0v) is 18.3. The third kappa shape index (κ3) is 2.24. The zero-order chi connectivity index (χ0) is 22.2. The van der Waals surface area contributed by atoms with Crippen molar-refractivity contribution in [2.75, 3.05) is 0 Å². The summed E-state index contributed by atoms with van der Waals surface area (Å²) in [5.74, 6) is 0. The Bertz CT molecular complexity index is 1950. The molecule has 0 amide bonds. The van der Waals surface area contributed by atoms with Crippen LogP contribution in [0, 0.1) is 0 Å². The van der Waals surface area contributed by atoms with Crippen LogP contribution in [0.4, 0.5) is 0 Å². The summed E-state index contributed by atoms with van der Waals surface area (Å²) in [5, 5.41) is 4.84. The van der Waals surface area contributed by atoms with Crippen LogP contribution in [0.5, 0.6) is 0 Å². The maximum absolute atomic E-state index is 6.55. The molecule has 0 atom stereocenters. The molecule has 2 heteroatoms. The average Bonchev–Trinajstić information content (AvgIpc) is 3.38. The van der Waals surface area contributed by atoms with Gasteiger partial charge in [-0.2, -0.15) is 0 Å². The first-order valence-corrected chi connectivity index (χ1v) is 11.6. The Labute approximate surface area is 196 Å².